The SMILES string of the molecule is COCc1ccc2cc(C(C)C)[nH]c2c1. The van der Waals surface area contributed by atoms with Crippen LogP contribution < -0.4 is 0 Å². The molecule has 1 aromatic carbocycles. The van der Waals surface area contributed by atoms with Gasteiger partial charge in [-0.1, -0.05) is 26.0 Å². The van der Waals surface area contributed by atoms with Gasteiger partial charge in [0.1, 0.15) is 0 Å². The average molecular weight is 203 g/mol. The van der Waals surface area contributed by atoms with Crippen LogP contribution in [0.5, 0.6) is 0 Å². The van der Waals surface area contributed by atoms with Crippen molar-refractivity contribution in [3.63, 3.8) is 0 Å². The number of methoxy groups -OCH3 is 1. The molecule has 1 heterocycles. The lowest BCUT2D eigenvalue weighted by atomic mass is 10.1. The highest BCUT2D eigenvalue weighted by molar-refractivity contribution is 5.81. The molecule has 0 bridgehead atoms. The van der Waals surface area contributed by atoms with Crippen molar-refractivity contribution < 1.29 is 4.74 Å². The second kappa shape index (κ2) is 4.07. The number of fused-ring (bicyclic) bond motifs is 1. The molecule has 0 atom stereocenters. The first kappa shape index (κ1) is 10.2. The number of hydrogen-bond acceptors (Lipinski definition) is 1. The van der Waals surface area contributed by atoms with E-state index >= 15 is 0 Å². The summed E-state index contributed by atoms with van der Waals surface area (Å²) in [5.74, 6) is 0.545. The Hall–Kier alpha value is -1.28. The summed E-state index contributed by atoms with van der Waals surface area (Å²) in [6.45, 7) is 5.06. The van der Waals surface area contributed by atoms with Gasteiger partial charge < -0.3 is 9.72 Å². The van der Waals surface area contributed by atoms with Crippen molar-refractivity contribution in [2.24, 2.45) is 0 Å². The van der Waals surface area contributed by atoms with E-state index in [1.165, 1.54) is 22.2 Å². The van der Waals surface area contributed by atoms with Crippen molar-refractivity contribution in [1.82, 2.24) is 4.98 Å². The van der Waals surface area contributed by atoms with Crippen molar-refractivity contribution in [3.8, 4) is 0 Å². The van der Waals surface area contributed by atoms with E-state index in [1.54, 1.807) is 7.11 Å². The van der Waals surface area contributed by atoms with E-state index in [0.29, 0.717) is 12.5 Å². The van der Waals surface area contributed by atoms with E-state index in [9.17, 15) is 0 Å². The second-order valence-corrected chi connectivity index (χ2v) is 4.23. The number of hydrogen-bond donors (Lipinski definition) is 1. The van der Waals surface area contributed by atoms with Crippen LogP contribution in [-0.4, -0.2) is 12.1 Å². The fourth-order valence-electron chi connectivity index (χ4n) is 1.76. The number of benzene rings is 1. The molecule has 80 valence electrons. The normalized spacial score (nSPS) is 11.5. The van der Waals surface area contributed by atoms with Gasteiger partial charge in [-0.05, 0) is 29.0 Å². The minimum Gasteiger partial charge on any atom is -0.380 e. The van der Waals surface area contributed by atoms with Gasteiger partial charge in [0.2, 0.25) is 0 Å². The Bertz CT molecular complexity index is 457. The summed E-state index contributed by atoms with van der Waals surface area (Å²) in [5, 5.41) is 1.28. The van der Waals surface area contributed by atoms with Gasteiger partial charge in [0.15, 0.2) is 0 Å². The molecule has 15 heavy (non-hydrogen) atoms. The molecule has 0 spiro atoms. The summed E-state index contributed by atoms with van der Waals surface area (Å²) >= 11 is 0. The van der Waals surface area contributed by atoms with Crippen molar-refractivity contribution in [2.75, 3.05) is 7.11 Å². The van der Waals surface area contributed by atoms with Gasteiger partial charge >= 0.3 is 0 Å². The van der Waals surface area contributed by atoms with E-state index in [0.717, 1.165) is 0 Å². The van der Waals surface area contributed by atoms with Crippen LogP contribution in [-0.2, 0) is 11.3 Å². The summed E-state index contributed by atoms with van der Waals surface area (Å²) in [6, 6.07) is 8.64. The highest BCUT2D eigenvalue weighted by Gasteiger charge is 2.04. The van der Waals surface area contributed by atoms with Crippen molar-refractivity contribution in [3.05, 3.63) is 35.5 Å². The maximum Gasteiger partial charge on any atom is 0.0713 e. The van der Waals surface area contributed by atoms with Crippen LogP contribution in [0.4, 0.5) is 0 Å². The molecule has 0 aliphatic carbocycles. The Kier molecular flexibility index (Phi) is 2.78. The number of aromatic nitrogens is 1. The molecule has 0 fully saturated rings. The first-order chi connectivity index (χ1) is 7.20. The molecule has 2 aromatic rings. The summed E-state index contributed by atoms with van der Waals surface area (Å²) in [6.07, 6.45) is 0. The Labute approximate surface area is 90.3 Å². The quantitative estimate of drug-likeness (QED) is 0.812. The van der Waals surface area contributed by atoms with Crippen LogP contribution in [0.2, 0.25) is 0 Å². The highest BCUT2D eigenvalue weighted by atomic mass is 16.5. The summed E-state index contributed by atoms with van der Waals surface area (Å²) in [7, 11) is 1.72. The molecule has 0 unspecified atom stereocenters. The van der Waals surface area contributed by atoms with Crippen molar-refractivity contribution in [2.45, 2.75) is 26.4 Å². The third-order valence-electron chi connectivity index (χ3n) is 2.64. The zero-order valence-electron chi connectivity index (χ0n) is 9.50. The van der Waals surface area contributed by atoms with Gasteiger partial charge in [-0.3, -0.25) is 0 Å². The van der Waals surface area contributed by atoms with Gasteiger partial charge in [0.25, 0.3) is 0 Å². The molecule has 0 saturated carbocycles. The lowest BCUT2D eigenvalue weighted by Gasteiger charge is -1.99. The molecular formula is C13H17NO. The topological polar surface area (TPSA) is 25.0 Å². The fourth-order valence-corrected chi connectivity index (χ4v) is 1.76. The lowest BCUT2D eigenvalue weighted by Crippen LogP contribution is -1.87. The first-order valence-corrected chi connectivity index (χ1v) is 5.31. The van der Waals surface area contributed by atoms with Gasteiger partial charge in [0, 0.05) is 18.3 Å². The van der Waals surface area contributed by atoms with Crippen LogP contribution in [0.15, 0.2) is 24.3 Å². The minimum absolute atomic E-state index is 0.545. The fraction of sp³-hybridized carbons (Fsp3) is 0.385. The number of rotatable bonds is 3. The molecule has 0 radical (unpaired) electrons. The molecule has 0 aliphatic rings. The Morgan fingerprint density at radius 1 is 1.27 bits per heavy atom. The van der Waals surface area contributed by atoms with E-state index < -0.39 is 0 Å². The highest BCUT2D eigenvalue weighted by Crippen LogP contribution is 2.22. The van der Waals surface area contributed by atoms with E-state index in [4.69, 9.17) is 4.74 Å². The van der Waals surface area contributed by atoms with Crippen LogP contribution in [0, 0.1) is 0 Å². The average Bonchev–Trinajstić information content (AvgIpc) is 2.61. The van der Waals surface area contributed by atoms with Gasteiger partial charge in [-0.25, -0.2) is 0 Å². The third kappa shape index (κ3) is 2.05. The zero-order valence-corrected chi connectivity index (χ0v) is 9.50. The maximum absolute atomic E-state index is 5.12. The van der Waals surface area contributed by atoms with E-state index in [-0.39, 0.29) is 0 Å². The lowest BCUT2D eigenvalue weighted by molar-refractivity contribution is 0.185. The molecule has 2 nitrogen and oxygen atoms in total. The summed E-state index contributed by atoms with van der Waals surface area (Å²) < 4.78 is 5.12. The van der Waals surface area contributed by atoms with Crippen LogP contribution in [0.25, 0.3) is 10.9 Å². The first-order valence-electron chi connectivity index (χ1n) is 5.31. The largest absolute Gasteiger partial charge is 0.380 e. The number of ether oxygens (including phenoxy) is 1. The monoisotopic (exact) mass is 203 g/mol. The van der Waals surface area contributed by atoms with Gasteiger partial charge in [-0.15, -0.1) is 0 Å². The molecule has 1 N–H and O–H groups in total. The Morgan fingerprint density at radius 3 is 2.73 bits per heavy atom. The molecule has 0 saturated heterocycles. The van der Waals surface area contributed by atoms with Gasteiger partial charge in [-0.2, -0.15) is 0 Å². The standard InChI is InChI=1S/C13H17NO/c1-9(2)12-7-11-5-4-10(8-15-3)6-13(11)14-12/h4-7,9,14H,8H2,1-3H3. The Morgan fingerprint density at radius 2 is 2.07 bits per heavy atom. The number of nitrogens with one attached hydrogen (secondary N) is 1. The molecule has 2 rings (SSSR count). The number of H-pyrrole nitrogens is 1. The molecular weight excluding hydrogens is 186 g/mol. The minimum atomic E-state index is 0.545. The molecule has 2 heteroatoms. The zero-order chi connectivity index (χ0) is 10.8. The third-order valence-corrected chi connectivity index (χ3v) is 2.64. The Balaban J connectivity index is 2.43. The molecule has 0 aliphatic heterocycles. The van der Waals surface area contributed by atoms with E-state index in [1.807, 2.05) is 0 Å². The van der Waals surface area contributed by atoms with Crippen LogP contribution in [0.3, 0.4) is 0 Å². The maximum atomic E-state index is 5.12. The van der Waals surface area contributed by atoms with E-state index in [2.05, 4.69) is 43.1 Å². The molecule has 0 amide bonds. The van der Waals surface area contributed by atoms with Crippen LogP contribution >= 0.6 is 0 Å². The summed E-state index contributed by atoms with van der Waals surface area (Å²) in [5.41, 5.74) is 3.70. The molecule has 1 aromatic heterocycles. The van der Waals surface area contributed by atoms with Crippen molar-refractivity contribution in [1.29, 1.82) is 0 Å². The second-order valence-electron chi connectivity index (χ2n) is 4.23. The van der Waals surface area contributed by atoms with Crippen molar-refractivity contribution >= 4 is 10.9 Å². The predicted molar refractivity (Wildman–Crippen MR) is 63.1 cm³/mol. The summed E-state index contributed by atoms with van der Waals surface area (Å²) in [4.78, 5) is 3.44. The van der Waals surface area contributed by atoms with Gasteiger partial charge in [0.05, 0.1) is 6.61 Å². The van der Waals surface area contributed by atoms with Crippen LogP contribution in [0.1, 0.15) is 31.0 Å². The predicted octanol–water partition coefficient (Wildman–Crippen LogP) is 3.44. The number of aromatic amines is 1. The smallest absolute Gasteiger partial charge is 0.0713 e.